The summed E-state index contributed by atoms with van der Waals surface area (Å²) >= 11 is 5.82. The van der Waals surface area contributed by atoms with Crippen molar-refractivity contribution >= 4 is 40.6 Å². The number of nitrogens with two attached hydrogens (primary N) is 1. The number of rotatable bonds is 1. The Morgan fingerprint density at radius 2 is 2.07 bits per heavy atom. The van der Waals surface area contributed by atoms with Crippen molar-refractivity contribution in [1.82, 2.24) is 4.98 Å². The van der Waals surface area contributed by atoms with E-state index >= 15 is 0 Å². The van der Waals surface area contributed by atoms with Gasteiger partial charge in [-0.25, -0.2) is 0 Å². The molecule has 0 atom stereocenters. The maximum Gasteiger partial charge on any atom is 0.0738 e. The number of nitrogens with zero attached hydrogens (tertiary/aromatic N) is 1. The largest absolute Gasteiger partial charge is 0.323 e. The molecule has 0 radical (unpaired) electrons. The van der Waals surface area contributed by atoms with Crippen LogP contribution in [0.15, 0.2) is 30.5 Å². The van der Waals surface area contributed by atoms with Crippen LogP contribution < -0.4 is 11.3 Å². The Hall–Kier alpha value is -1.03. The number of benzene rings is 1. The third-order valence-corrected chi connectivity index (χ3v) is 2.10. The Balaban J connectivity index is 0.000000980. The van der Waals surface area contributed by atoms with Gasteiger partial charge in [0.1, 0.15) is 0 Å². The first-order valence-electron chi connectivity index (χ1n) is 3.82. The quantitative estimate of drug-likeness (QED) is 0.584. The highest BCUT2D eigenvalue weighted by Crippen LogP contribution is 2.23. The Morgan fingerprint density at radius 3 is 2.79 bits per heavy atom. The Morgan fingerprint density at radius 1 is 1.29 bits per heavy atom. The van der Waals surface area contributed by atoms with Crippen LogP contribution in [0.3, 0.4) is 0 Å². The molecule has 14 heavy (non-hydrogen) atoms. The van der Waals surface area contributed by atoms with Crippen LogP contribution in [-0.4, -0.2) is 4.98 Å². The van der Waals surface area contributed by atoms with Crippen molar-refractivity contribution in [3.63, 3.8) is 0 Å². The fraction of sp³-hybridized carbons (Fsp3) is 0. The summed E-state index contributed by atoms with van der Waals surface area (Å²) in [7, 11) is 0. The smallest absolute Gasteiger partial charge is 0.0738 e. The van der Waals surface area contributed by atoms with E-state index in [9.17, 15) is 0 Å². The van der Waals surface area contributed by atoms with Gasteiger partial charge in [0, 0.05) is 16.6 Å². The molecule has 0 unspecified atom stereocenters. The maximum absolute atomic E-state index is 5.82. The molecule has 0 saturated carbocycles. The van der Waals surface area contributed by atoms with E-state index in [0.29, 0.717) is 5.02 Å². The lowest BCUT2D eigenvalue weighted by Gasteiger charge is -2.04. The van der Waals surface area contributed by atoms with Gasteiger partial charge in [0.2, 0.25) is 0 Å². The zero-order valence-electron chi connectivity index (χ0n) is 7.20. The second-order valence-corrected chi connectivity index (χ2v) is 3.10. The van der Waals surface area contributed by atoms with Gasteiger partial charge < -0.3 is 5.43 Å². The van der Waals surface area contributed by atoms with Gasteiger partial charge in [-0.2, -0.15) is 0 Å². The molecule has 2 aromatic rings. The van der Waals surface area contributed by atoms with Crippen molar-refractivity contribution in [2.75, 3.05) is 5.43 Å². The van der Waals surface area contributed by atoms with Crippen LogP contribution in [0.2, 0.25) is 5.02 Å². The highest BCUT2D eigenvalue weighted by atomic mass is 35.5. The monoisotopic (exact) mass is 229 g/mol. The van der Waals surface area contributed by atoms with Crippen molar-refractivity contribution in [2.45, 2.75) is 0 Å². The molecule has 1 aromatic heterocycles. The minimum atomic E-state index is 0. The van der Waals surface area contributed by atoms with Crippen molar-refractivity contribution in [1.29, 1.82) is 0 Å². The molecule has 74 valence electrons. The lowest BCUT2D eigenvalue weighted by atomic mass is 10.2. The summed E-state index contributed by atoms with van der Waals surface area (Å²) in [6, 6.07) is 7.32. The van der Waals surface area contributed by atoms with E-state index in [1.807, 2.05) is 18.2 Å². The average molecular weight is 230 g/mol. The van der Waals surface area contributed by atoms with Crippen molar-refractivity contribution in [3.8, 4) is 0 Å². The molecular weight excluding hydrogens is 221 g/mol. The number of nitrogens with one attached hydrogen (secondary N) is 1. The minimum Gasteiger partial charge on any atom is -0.323 e. The third-order valence-electron chi connectivity index (χ3n) is 1.86. The number of pyridine rings is 1. The summed E-state index contributed by atoms with van der Waals surface area (Å²) in [5, 5.41) is 1.64. The van der Waals surface area contributed by atoms with E-state index in [4.69, 9.17) is 17.4 Å². The first-order valence-corrected chi connectivity index (χ1v) is 4.20. The van der Waals surface area contributed by atoms with Crippen LogP contribution in [0.1, 0.15) is 0 Å². The molecule has 0 bridgehead atoms. The molecule has 3 nitrogen and oxygen atoms in total. The predicted molar refractivity (Wildman–Crippen MR) is 61.8 cm³/mol. The number of fused-ring (bicyclic) bond motifs is 1. The predicted octanol–water partition coefficient (Wildman–Crippen LogP) is 2.60. The van der Waals surface area contributed by atoms with Crippen LogP contribution in [0, 0.1) is 0 Å². The van der Waals surface area contributed by atoms with Gasteiger partial charge >= 0.3 is 0 Å². The van der Waals surface area contributed by atoms with E-state index in [2.05, 4.69) is 10.4 Å². The first-order chi connectivity index (χ1) is 6.31. The van der Waals surface area contributed by atoms with E-state index in [-0.39, 0.29) is 12.4 Å². The third kappa shape index (κ3) is 1.90. The summed E-state index contributed by atoms with van der Waals surface area (Å²) in [5.41, 5.74) is 4.29. The SMILES string of the molecule is Cl.NNc1ccnc2cc(Cl)ccc12. The summed E-state index contributed by atoms with van der Waals surface area (Å²) in [6.07, 6.45) is 1.69. The standard InChI is InChI=1S/C9H8ClN3.ClH/c10-6-1-2-7-8(13-11)3-4-12-9(7)5-6;/h1-5H,11H2,(H,12,13);1H. The number of nitrogen functional groups attached to an aromatic ring is 1. The second-order valence-electron chi connectivity index (χ2n) is 2.66. The zero-order valence-corrected chi connectivity index (χ0v) is 8.77. The molecule has 1 aromatic carbocycles. The molecule has 0 aliphatic carbocycles. The Kier molecular flexibility index (Phi) is 3.52. The van der Waals surface area contributed by atoms with Crippen LogP contribution >= 0.6 is 24.0 Å². The van der Waals surface area contributed by atoms with E-state index < -0.39 is 0 Å². The van der Waals surface area contributed by atoms with Crippen LogP contribution in [0.25, 0.3) is 10.9 Å². The average Bonchev–Trinajstić information content (AvgIpc) is 2.16. The molecule has 0 amide bonds. The summed E-state index contributed by atoms with van der Waals surface area (Å²) in [5.74, 6) is 5.34. The maximum atomic E-state index is 5.82. The Bertz CT molecular complexity index is 445. The van der Waals surface area contributed by atoms with E-state index in [1.54, 1.807) is 12.3 Å². The molecule has 5 heteroatoms. The zero-order chi connectivity index (χ0) is 9.26. The van der Waals surface area contributed by atoms with Gasteiger partial charge in [-0.05, 0) is 24.3 Å². The number of halogens is 2. The van der Waals surface area contributed by atoms with Crippen molar-refractivity contribution in [3.05, 3.63) is 35.5 Å². The lowest BCUT2D eigenvalue weighted by molar-refractivity contribution is 1.33. The fourth-order valence-corrected chi connectivity index (χ4v) is 1.41. The first kappa shape index (κ1) is 11.0. The topological polar surface area (TPSA) is 50.9 Å². The number of hydrogen-bond acceptors (Lipinski definition) is 3. The van der Waals surface area contributed by atoms with Gasteiger partial charge in [-0.15, -0.1) is 12.4 Å². The molecular formula is C9H9Cl2N3. The van der Waals surface area contributed by atoms with Crippen LogP contribution in [0.4, 0.5) is 5.69 Å². The molecule has 0 saturated heterocycles. The van der Waals surface area contributed by atoms with Gasteiger partial charge in [-0.3, -0.25) is 10.8 Å². The number of anilines is 1. The molecule has 1 heterocycles. The van der Waals surface area contributed by atoms with Gasteiger partial charge in [0.15, 0.2) is 0 Å². The highest BCUT2D eigenvalue weighted by molar-refractivity contribution is 6.31. The highest BCUT2D eigenvalue weighted by Gasteiger charge is 1.99. The van der Waals surface area contributed by atoms with Crippen molar-refractivity contribution in [2.24, 2.45) is 5.84 Å². The normalized spacial score (nSPS) is 9.57. The van der Waals surface area contributed by atoms with Crippen LogP contribution in [-0.2, 0) is 0 Å². The van der Waals surface area contributed by atoms with Crippen LogP contribution in [0.5, 0.6) is 0 Å². The molecule has 0 aliphatic rings. The number of hydrogen-bond donors (Lipinski definition) is 2. The molecule has 2 rings (SSSR count). The summed E-state index contributed by atoms with van der Waals surface area (Å²) in [6.45, 7) is 0. The van der Waals surface area contributed by atoms with E-state index in [0.717, 1.165) is 16.6 Å². The van der Waals surface area contributed by atoms with Gasteiger partial charge in [0.05, 0.1) is 11.2 Å². The van der Waals surface area contributed by atoms with Gasteiger partial charge in [-0.1, -0.05) is 11.6 Å². The minimum absolute atomic E-state index is 0. The lowest BCUT2D eigenvalue weighted by Crippen LogP contribution is -2.07. The van der Waals surface area contributed by atoms with E-state index in [1.165, 1.54) is 0 Å². The molecule has 0 aliphatic heterocycles. The summed E-state index contributed by atoms with van der Waals surface area (Å²) in [4.78, 5) is 4.17. The molecule has 3 N–H and O–H groups in total. The van der Waals surface area contributed by atoms with Crippen molar-refractivity contribution < 1.29 is 0 Å². The molecule has 0 fully saturated rings. The number of aromatic nitrogens is 1. The molecule has 0 spiro atoms. The second kappa shape index (κ2) is 4.46. The summed E-state index contributed by atoms with van der Waals surface area (Å²) < 4.78 is 0. The number of hydrazine groups is 1. The Labute approximate surface area is 92.6 Å². The fourth-order valence-electron chi connectivity index (χ4n) is 1.25. The van der Waals surface area contributed by atoms with Gasteiger partial charge in [0.25, 0.3) is 0 Å².